The fourth-order valence-electron chi connectivity index (χ4n) is 13.0. The first-order chi connectivity index (χ1) is 37.3. The minimum atomic E-state index is -0.510. The lowest BCUT2D eigenvalue weighted by Crippen LogP contribution is -2.26. The predicted molar refractivity (Wildman–Crippen MR) is 314 cm³/mol. The average molecular weight is 953 g/mol. The van der Waals surface area contributed by atoms with Gasteiger partial charge in [-0.25, -0.2) is 0 Å². The van der Waals surface area contributed by atoms with E-state index in [4.69, 9.17) is 0 Å². The van der Waals surface area contributed by atoms with Gasteiger partial charge >= 0.3 is 0 Å². The lowest BCUT2D eigenvalue weighted by atomic mass is 9.70. The van der Waals surface area contributed by atoms with Crippen molar-refractivity contribution in [1.82, 2.24) is 4.57 Å². The largest absolute Gasteiger partial charge is 0.309 e. The van der Waals surface area contributed by atoms with Crippen molar-refractivity contribution in [2.75, 3.05) is 4.90 Å². The van der Waals surface area contributed by atoms with Gasteiger partial charge in [-0.05, 0) is 126 Å². The first-order valence-electron chi connectivity index (χ1n) is 26.0. The average Bonchev–Trinajstić information content (AvgIpc) is 4.32. The Morgan fingerprint density at radius 3 is 1.44 bits per heavy atom. The van der Waals surface area contributed by atoms with Crippen LogP contribution in [0, 0.1) is 0 Å². The van der Waals surface area contributed by atoms with E-state index in [-0.39, 0.29) is 0 Å². The van der Waals surface area contributed by atoms with Gasteiger partial charge in [-0.15, -0.1) is 0 Å². The molecule has 0 N–H and O–H groups in total. The number of anilines is 3. The standard InChI is InChI=1S/C73H48N2/c1-4-23-49(24-5-1)55-31-10-11-35-61(55)71-56(50-25-6-2-7-26-50)37-21-43-68(71)75(54-30-20-27-51(47-54)52-45-46-60-59-34-15-19-42-67(59)74(70(60)48-52)53-28-8-3-9-29-53)69-44-22-41-66-72(69)62-36-14-18-40-65(62)73(66)63-38-16-12-32-57(63)58-33-13-17-39-64(58)73/h1-48H. The van der Waals surface area contributed by atoms with Crippen LogP contribution in [0.25, 0.3) is 94.3 Å². The monoisotopic (exact) mass is 952 g/mol. The summed E-state index contributed by atoms with van der Waals surface area (Å²) in [5, 5.41) is 2.48. The molecule has 75 heavy (non-hydrogen) atoms. The summed E-state index contributed by atoms with van der Waals surface area (Å²) in [6.07, 6.45) is 0. The molecule has 15 rings (SSSR count). The van der Waals surface area contributed by atoms with Gasteiger partial charge in [0.1, 0.15) is 0 Å². The summed E-state index contributed by atoms with van der Waals surface area (Å²) >= 11 is 0. The third-order valence-corrected chi connectivity index (χ3v) is 16.0. The topological polar surface area (TPSA) is 8.17 Å². The molecule has 2 heteroatoms. The number of rotatable bonds is 8. The second-order valence-corrected chi connectivity index (χ2v) is 19.9. The highest BCUT2D eigenvalue weighted by atomic mass is 15.1. The van der Waals surface area contributed by atoms with Gasteiger partial charge in [0.25, 0.3) is 0 Å². The van der Waals surface area contributed by atoms with Gasteiger partial charge in [0.2, 0.25) is 0 Å². The molecule has 0 aliphatic heterocycles. The molecule has 0 amide bonds. The van der Waals surface area contributed by atoms with Gasteiger partial charge in [0, 0.05) is 33.3 Å². The third kappa shape index (κ3) is 6.46. The van der Waals surface area contributed by atoms with E-state index in [1.165, 1.54) is 88.6 Å². The maximum Gasteiger partial charge on any atom is 0.0726 e. The van der Waals surface area contributed by atoms with Crippen LogP contribution in [0.4, 0.5) is 17.1 Å². The second-order valence-electron chi connectivity index (χ2n) is 19.9. The van der Waals surface area contributed by atoms with Crippen molar-refractivity contribution in [3.63, 3.8) is 0 Å². The number of aromatic nitrogens is 1. The van der Waals surface area contributed by atoms with Crippen LogP contribution in [-0.2, 0) is 5.41 Å². The van der Waals surface area contributed by atoms with Crippen LogP contribution >= 0.6 is 0 Å². The molecule has 1 heterocycles. The highest BCUT2D eigenvalue weighted by molar-refractivity contribution is 6.11. The van der Waals surface area contributed by atoms with Crippen molar-refractivity contribution < 1.29 is 0 Å². The lowest BCUT2D eigenvalue weighted by Gasteiger charge is -2.33. The van der Waals surface area contributed by atoms with Crippen molar-refractivity contribution in [3.05, 3.63) is 313 Å². The number of hydrogen-bond acceptors (Lipinski definition) is 1. The quantitative estimate of drug-likeness (QED) is 0.147. The molecule has 12 aromatic carbocycles. The molecule has 0 bridgehead atoms. The normalized spacial score (nSPS) is 12.6. The van der Waals surface area contributed by atoms with E-state index in [0.717, 1.165) is 45.0 Å². The molecule has 2 aliphatic rings. The summed E-state index contributed by atoms with van der Waals surface area (Å²) in [5.41, 5.74) is 25.9. The zero-order valence-electron chi connectivity index (χ0n) is 41.1. The maximum absolute atomic E-state index is 2.58. The van der Waals surface area contributed by atoms with Gasteiger partial charge < -0.3 is 9.47 Å². The molecule has 2 nitrogen and oxygen atoms in total. The van der Waals surface area contributed by atoms with Crippen LogP contribution in [0.1, 0.15) is 22.3 Å². The van der Waals surface area contributed by atoms with Crippen LogP contribution in [0.2, 0.25) is 0 Å². The van der Waals surface area contributed by atoms with Gasteiger partial charge in [-0.2, -0.15) is 0 Å². The summed E-state index contributed by atoms with van der Waals surface area (Å²) in [4.78, 5) is 2.58. The van der Waals surface area contributed by atoms with Gasteiger partial charge in [-0.3, -0.25) is 0 Å². The highest BCUT2D eigenvalue weighted by Gasteiger charge is 2.52. The lowest BCUT2D eigenvalue weighted by molar-refractivity contribution is 0.794. The van der Waals surface area contributed by atoms with Gasteiger partial charge in [0.05, 0.1) is 27.8 Å². The Labute approximate surface area is 437 Å². The Bertz CT molecular complexity index is 4310. The molecule has 0 atom stereocenters. The number of para-hydroxylation sites is 2. The van der Waals surface area contributed by atoms with E-state index < -0.39 is 5.41 Å². The molecule has 0 saturated carbocycles. The van der Waals surface area contributed by atoms with E-state index in [1.54, 1.807) is 0 Å². The molecule has 350 valence electrons. The first-order valence-corrected chi connectivity index (χ1v) is 26.0. The minimum Gasteiger partial charge on any atom is -0.309 e. The zero-order chi connectivity index (χ0) is 49.5. The van der Waals surface area contributed by atoms with Crippen LogP contribution in [-0.4, -0.2) is 4.57 Å². The molecule has 0 saturated heterocycles. The molecule has 1 aromatic heterocycles. The second kappa shape index (κ2) is 17.2. The molecule has 0 unspecified atom stereocenters. The minimum absolute atomic E-state index is 0.510. The maximum atomic E-state index is 2.58. The van der Waals surface area contributed by atoms with Crippen LogP contribution in [0.15, 0.2) is 291 Å². The van der Waals surface area contributed by atoms with Crippen LogP contribution in [0.5, 0.6) is 0 Å². The number of hydrogen-bond donors (Lipinski definition) is 0. The Balaban J connectivity index is 1.03. The summed E-state index contributed by atoms with van der Waals surface area (Å²) < 4.78 is 2.41. The van der Waals surface area contributed by atoms with E-state index in [1.807, 2.05) is 0 Å². The van der Waals surface area contributed by atoms with Gasteiger partial charge in [0.15, 0.2) is 0 Å². The van der Waals surface area contributed by atoms with E-state index >= 15 is 0 Å². The number of nitrogens with zero attached hydrogens (tertiary/aromatic N) is 2. The summed E-state index contributed by atoms with van der Waals surface area (Å²) in [5.74, 6) is 0. The Morgan fingerprint density at radius 1 is 0.267 bits per heavy atom. The number of benzene rings is 12. The summed E-state index contributed by atoms with van der Waals surface area (Å²) in [7, 11) is 0. The predicted octanol–water partition coefficient (Wildman–Crippen LogP) is 19.3. The third-order valence-electron chi connectivity index (χ3n) is 16.0. The molecule has 2 aliphatic carbocycles. The fraction of sp³-hybridized carbons (Fsp3) is 0.0137. The van der Waals surface area contributed by atoms with Crippen LogP contribution in [0.3, 0.4) is 0 Å². The van der Waals surface area contributed by atoms with E-state index in [2.05, 4.69) is 301 Å². The van der Waals surface area contributed by atoms with Crippen molar-refractivity contribution in [2.45, 2.75) is 5.41 Å². The van der Waals surface area contributed by atoms with Crippen LogP contribution < -0.4 is 4.90 Å². The SMILES string of the molecule is c1ccc(-c2ccccc2-c2c(-c3ccccc3)cccc2N(c2cccc(-c3ccc4c5ccccc5n(-c5ccccc5)c4c3)c2)c2cccc3c2-c2ccccc2C32c3ccccc3-c3ccccc32)cc1. The first kappa shape index (κ1) is 42.9. The van der Waals surface area contributed by atoms with Crippen molar-refractivity contribution >= 4 is 38.9 Å². The van der Waals surface area contributed by atoms with Gasteiger partial charge in [-0.1, -0.05) is 243 Å². The Kier molecular flexibility index (Phi) is 9.83. The summed E-state index contributed by atoms with van der Waals surface area (Å²) in [6, 6.07) is 108. The smallest absolute Gasteiger partial charge is 0.0726 e. The number of fused-ring (bicyclic) bond motifs is 13. The van der Waals surface area contributed by atoms with Crippen molar-refractivity contribution in [2.24, 2.45) is 0 Å². The molecule has 0 radical (unpaired) electrons. The molecule has 0 fully saturated rings. The molecular weight excluding hydrogens is 905 g/mol. The van der Waals surface area contributed by atoms with E-state index in [9.17, 15) is 0 Å². The fourth-order valence-corrected chi connectivity index (χ4v) is 13.0. The van der Waals surface area contributed by atoms with Crippen molar-refractivity contribution in [1.29, 1.82) is 0 Å². The Hall–Kier alpha value is -9.76. The van der Waals surface area contributed by atoms with E-state index in [0.29, 0.717) is 0 Å². The molecule has 1 spiro atoms. The van der Waals surface area contributed by atoms with Crippen molar-refractivity contribution in [3.8, 4) is 72.4 Å². The highest BCUT2D eigenvalue weighted by Crippen LogP contribution is 2.65. The zero-order valence-corrected chi connectivity index (χ0v) is 41.1. The molecule has 13 aromatic rings. The molecular formula is C73H48N2. The summed E-state index contributed by atoms with van der Waals surface area (Å²) in [6.45, 7) is 0. The Morgan fingerprint density at radius 2 is 0.733 bits per heavy atom.